The zero-order chi connectivity index (χ0) is 23.5. The SMILES string of the molecule is Cn1c(=O)n(C)c2cc(-c3c(NCCCN4CCOCC4)n[nH]c3C3=CCC=CC=C3)ccc21. The lowest BCUT2D eigenvalue weighted by Gasteiger charge is -2.26. The van der Waals surface area contributed by atoms with E-state index in [-0.39, 0.29) is 5.69 Å². The molecule has 8 heteroatoms. The molecule has 2 aromatic heterocycles. The summed E-state index contributed by atoms with van der Waals surface area (Å²) < 4.78 is 8.83. The summed E-state index contributed by atoms with van der Waals surface area (Å²) in [6.07, 6.45) is 12.5. The summed E-state index contributed by atoms with van der Waals surface area (Å²) in [6.45, 7) is 5.52. The zero-order valence-corrected chi connectivity index (χ0v) is 19.9. The average molecular weight is 461 g/mol. The Labute approximate surface area is 199 Å². The number of hydrogen-bond donors (Lipinski definition) is 2. The van der Waals surface area contributed by atoms with Crippen molar-refractivity contribution in [3.63, 3.8) is 0 Å². The smallest absolute Gasteiger partial charge is 0.328 e. The van der Waals surface area contributed by atoms with Crippen LogP contribution in [-0.4, -0.2) is 63.6 Å². The average Bonchev–Trinajstić information content (AvgIpc) is 3.22. The number of ether oxygens (including phenoxy) is 1. The first-order valence-electron chi connectivity index (χ1n) is 12.0. The summed E-state index contributed by atoms with van der Waals surface area (Å²) in [6, 6.07) is 6.18. The van der Waals surface area contributed by atoms with Crippen LogP contribution in [0, 0.1) is 0 Å². The predicted molar refractivity (Wildman–Crippen MR) is 137 cm³/mol. The monoisotopic (exact) mass is 460 g/mol. The van der Waals surface area contributed by atoms with Crippen molar-refractivity contribution in [3.8, 4) is 11.1 Å². The van der Waals surface area contributed by atoms with Gasteiger partial charge in [0.1, 0.15) is 0 Å². The molecular weight excluding hydrogens is 428 g/mol. The van der Waals surface area contributed by atoms with E-state index >= 15 is 0 Å². The number of H-pyrrole nitrogens is 1. The van der Waals surface area contributed by atoms with Crippen molar-refractivity contribution in [1.82, 2.24) is 24.2 Å². The van der Waals surface area contributed by atoms with Crippen molar-refractivity contribution in [2.75, 3.05) is 44.7 Å². The molecule has 0 spiro atoms. The number of benzene rings is 1. The molecule has 34 heavy (non-hydrogen) atoms. The van der Waals surface area contributed by atoms with Gasteiger partial charge in [0, 0.05) is 33.7 Å². The van der Waals surface area contributed by atoms with Gasteiger partial charge < -0.3 is 10.1 Å². The third-order valence-electron chi connectivity index (χ3n) is 6.66. The van der Waals surface area contributed by atoms with Gasteiger partial charge in [-0.15, -0.1) is 0 Å². The Morgan fingerprint density at radius 3 is 2.79 bits per heavy atom. The van der Waals surface area contributed by atoms with Crippen molar-refractivity contribution < 1.29 is 4.74 Å². The number of morpholine rings is 1. The third kappa shape index (κ3) is 4.38. The van der Waals surface area contributed by atoms with Crippen LogP contribution in [-0.2, 0) is 18.8 Å². The van der Waals surface area contributed by atoms with Gasteiger partial charge in [0.2, 0.25) is 0 Å². The number of nitrogens with one attached hydrogen (secondary N) is 2. The van der Waals surface area contributed by atoms with E-state index in [0.717, 1.165) is 91.5 Å². The Bertz CT molecular complexity index is 1320. The van der Waals surface area contributed by atoms with Gasteiger partial charge in [-0.2, -0.15) is 5.10 Å². The van der Waals surface area contributed by atoms with Gasteiger partial charge in [0.05, 0.1) is 35.5 Å². The maximum atomic E-state index is 12.5. The number of fused-ring (bicyclic) bond motifs is 1. The number of aromatic nitrogens is 4. The van der Waals surface area contributed by atoms with E-state index in [9.17, 15) is 4.79 Å². The Morgan fingerprint density at radius 1 is 1.12 bits per heavy atom. The molecule has 1 fully saturated rings. The van der Waals surface area contributed by atoms with Gasteiger partial charge in [-0.05, 0) is 42.7 Å². The summed E-state index contributed by atoms with van der Waals surface area (Å²) in [7, 11) is 3.63. The van der Waals surface area contributed by atoms with Crippen molar-refractivity contribution in [1.29, 1.82) is 0 Å². The van der Waals surface area contributed by atoms with Gasteiger partial charge in [-0.25, -0.2) is 4.79 Å². The van der Waals surface area contributed by atoms with E-state index < -0.39 is 0 Å². The van der Waals surface area contributed by atoms with Crippen LogP contribution < -0.4 is 11.0 Å². The number of aromatic amines is 1. The third-order valence-corrected chi connectivity index (χ3v) is 6.66. The van der Waals surface area contributed by atoms with Crippen LogP contribution >= 0.6 is 0 Å². The molecule has 0 bridgehead atoms. The number of aryl methyl sites for hydroxylation is 2. The highest BCUT2D eigenvalue weighted by atomic mass is 16.5. The van der Waals surface area contributed by atoms with Crippen molar-refractivity contribution >= 4 is 22.4 Å². The van der Waals surface area contributed by atoms with Crippen molar-refractivity contribution in [2.24, 2.45) is 14.1 Å². The van der Waals surface area contributed by atoms with E-state index in [1.165, 1.54) is 0 Å². The number of hydrogen-bond acceptors (Lipinski definition) is 5. The lowest BCUT2D eigenvalue weighted by molar-refractivity contribution is 0.0378. The molecule has 2 N–H and O–H groups in total. The number of rotatable bonds is 7. The minimum atomic E-state index is -0.0264. The minimum absolute atomic E-state index is 0.0264. The number of imidazole rings is 1. The Kier molecular flexibility index (Phi) is 6.51. The Morgan fingerprint density at radius 2 is 1.94 bits per heavy atom. The molecule has 1 aliphatic carbocycles. The molecule has 1 saturated heterocycles. The second-order valence-electron chi connectivity index (χ2n) is 8.84. The Hall–Kier alpha value is -3.36. The summed E-state index contributed by atoms with van der Waals surface area (Å²) >= 11 is 0. The quantitative estimate of drug-likeness (QED) is 0.529. The van der Waals surface area contributed by atoms with Crippen LogP contribution in [0.25, 0.3) is 27.7 Å². The molecule has 0 unspecified atom stereocenters. The molecule has 8 nitrogen and oxygen atoms in total. The van der Waals surface area contributed by atoms with E-state index in [1.807, 2.05) is 20.2 Å². The minimum Gasteiger partial charge on any atom is -0.379 e. The van der Waals surface area contributed by atoms with Gasteiger partial charge in [0.25, 0.3) is 0 Å². The Balaban J connectivity index is 1.46. The highest BCUT2D eigenvalue weighted by Crippen LogP contribution is 2.36. The van der Waals surface area contributed by atoms with E-state index in [0.29, 0.717) is 0 Å². The lowest BCUT2D eigenvalue weighted by Crippen LogP contribution is -2.37. The normalized spacial score (nSPS) is 16.7. The topological polar surface area (TPSA) is 80.1 Å². The fourth-order valence-corrected chi connectivity index (χ4v) is 4.72. The lowest BCUT2D eigenvalue weighted by atomic mass is 9.99. The standard InChI is InChI=1S/C26H32N6O2/c1-30-21-11-10-20(18-22(21)31(2)26(30)33)23-24(19-8-5-3-4-6-9-19)28-29-25(23)27-12-7-13-32-14-16-34-17-15-32/h3-5,8-11,18H,6-7,12-17H2,1-2H3,(H2,27,28,29). The van der Waals surface area contributed by atoms with E-state index in [4.69, 9.17) is 4.74 Å². The van der Waals surface area contributed by atoms with Crippen LogP contribution in [0.3, 0.4) is 0 Å². The largest absolute Gasteiger partial charge is 0.379 e. The number of nitrogens with zero attached hydrogens (tertiary/aromatic N) is 4. The van der Waals surface area contributed by atoms with Crippen LogP contribution in [0.2, 0.25) is 0 Å². The molecule has 2 aliphatic rings. The zero-order valence-electron chi connectivity index (χ0n) is 19.9. The van der Waals surface area contributed by atoms with Gasteiger partial charge in [-0.3, -0.25) is 19.1 Å². The highest BCUT2D eigenvalue weighted by molar-refractivity contribution is 5.93. The fourth-order valence-electron chi connectivity index (χ4n) is 4.72. The fraction of sp³-hybridized carbons (Fsp3) is 0.385. The molecule has 3 aromatic rings. The van der Waals surface area contributed by atoms with Crippen molar-refractivity contribution in [2.45, 2.75) is 12.8 Å². The molecule has 1 aliphatic heterocycles. The van der Waals surface area contributed by atoms with Gasteiger partial charge in [-0.1, -0.05) is 36.4 Å². The van der Waals surface area contributed by atoms with E-state index in [2.05, 4.69) is 62.9 Å². The second kappa shape index (κ2) is 9.87. The van der Waals surface area contributed by atoms with Crippen LogP contribution in [0.5, 0.6) is 0 Å². The molecular formula is C26H32N6O2. The van der Waals surface area contributed by atoms with Crippen LogP contribution in [0.1, 0.15) is 18.5 Å². The molecule has 0 amide bonds. The summed E-state index contributed by atoms with van der Waals surface area (Å²) in [5, 5.41) is 11.5. The summed E-state index contributed by atoms with van der Waals surface area (Å²) in [4.78, 5) is 14.9. The first-order valence-corrected chi connectivity index (χ1v) is 12.0. The first kappa shape index (κ1) is 22.4. The van der Waals surface area contributed by atoms with Gasteiger partial charge >= 0.3 is 5.69 Å². The summed E-state index contributed by atoms with van der Waals surface area (Å²) in [5.74, 6) is 0.837. The predicted octanol–water partition coefficient (Wildman–Crippen LogP) is 3.30. The summed E-state index contributed by atoms with van der Waals surface area (Å²) in [5.41, 5.74) is 5.94. The molecule has 0 saturated carbocycles. The second-order valence-corrected chi connectivity index (χ2v) is 8.84. The molecule has 178 valence electrons. The van der Waals surface area contributed by atoms with Crippen LogP contribution in [0.15, 0.2) is 53.4 Å². The number of allylic oxidation sites excluding steroid dienone is 6. The van der Waals surface area contributed by atoms with Crippen LogP contribution in [0.4, 0.5) is 5.82 Å². The molecule has 0 atom stereocenters. The number of anilines is 1. The first-order chi connectivity index (χ1) is 16.6. The molecule has 1 aromatic carbocycles. The maximum absolute atomic E-state index is 12.5. The van der Waals surface area contributed by atoms with Gasteiger partial charge in [0.15, 0.2) is 5.82 Å². The van der Waals surface area contributed by atoms with Crippen molar-refractivity contribution in [3.05, 3.63) is 64.8 Å². The molecule has 3 heterocycles. The molecule has 0 radical (unpaired) electrons. The molecule has 5 rings (SSSR count). The highest BCUT2D eigenvalue weighted by Gasteiger charge is 2.19. The maximum Gasteiger partial charge on any atom is 0.328 e. The van der Waals surface area contributed by atoms with E-state index in [1.54, 1.807) is 9.13 Å².